The Morgan fingerprint density at radius 1 is 1.62 bits per heavy atom. The highest BCUT2D eigenvalue weighted by Crippen LogP contribution is 2.14. The van der Waals surface area contributed by atoms with Crippen LogP contribution in [0.3, 0.4) is 0 Å². The average Bonchev–Trinajstić information content (AvgIpc) is 2.58. The zero-order valence-electron chi connectivity index (χ0n) is 8.16. The summed E-state index contributed by atoms with van der Waals surface area (Å²) in [5, 5.41) is 8.43. The van der Waals surface area contributed by atoms with Crippen LogP contribution in [0, 0.1) is 0 Å². The monoisotopic (exact) mass is 225 g/mol. The van der Waals surface area contributed by atoms with E-state index in [2.05, 4.69) is 27.3 Å². The van der Waals surface area contributed by atoms with E-state index in [1.54, 1.807) is 0 Å². The molecule has 84 valence electrons. The lowest BCUT2D eigenvalue weighted by molar-refractivity contribution is -0.117. The number of halogens is 1. The number of aryl methyl sites for hydroxylation is 1. The standard InChI is InChI=1S/C8H8FN5O2/c1-4(9)6(16)11-7-12-8-10-5(15)2-3-14(8)13-7/h1-3H2,(H2,10,11,12,13,15,16). The summed E-state index contributed by atoms with van der Waals surface area (Å²) in [6.45, 7) is 3.21. The Hall–Kier alpha value is -2.25. The van der Waals surface area contributed by atoms with Gasteiger partial charge in [-0.25, -0.2) is 9.07 Å². The number of carbonyl (C=O) groups excluding carboxylic acids is 2. The summed E-state index contributed by atoms with van der Waals surface area (Å²) in [4.78, 5) is 25.7. The lowest BCUT2D eigenvalue weighted by Gasteiger charge is -2.11. The number of rotatable bonds is 2. The van der Waals surface area contributed by atoms with Gasteiger partial charge in [0.1, 0.15) is 0 Å². The maximum Gasteiger partial charge on any atom is 0.286 e. The molecular formula is C8H8FN5O2. The van der Waals surface area contributed by atoms with Crippen LogP contribution in [-0.2, 0) is 16.1 Å². The quantitative estimate of drug-likeness (QED) is 0.695. The van der Waals surface area contributed by atoms with Gasteiger partial charge < -0.3 is 0 Å². The molecule has 0 unspecified atom stereocenters. The number of nitrogens with one attached hydrogen (secondary N) is 2. The first-order valence-electron chi connectivity index (χ1n) is 4.46. The molecule has 16 heavy (non-hydrogen) atoms. The molecule has 0 atom stereocenters. The van der Waals surface area contributed by atoms with Crippen molar-refractivity contribution in [1.29, 1.82) is 0 Å². The van der Waals surface area contributed by atoms with Crippen molar-refractivity contribution in [2.24, 2.45) is 0 Å². The maximum absolute atomic E-state index is 12.4. The van der Waals surface area contributed by atoms with Crippen LogP contribution in [0.5, 0.6) is 0 Å². The van der Waals surface area contributed by atoms with Gasteiger partial charge >= 0.3 is 0 Å². The molecule has 2 amide bonds. The van der Waals surface area contributed by atoms with Crippen molar-refractivity contribution in [3.63, 3.8) is 0 Å². The van der Waals surface area contributed by atoms with Crippen LogP contribution >= 0.6 is 0 Å². The molecule has 1 aliphatic rings. The van der Waals surface area contributed by atoms with E-state index in [1.807, 2.05) is 0 Å². The molecule has 0 spiro atoms. The van der Waals surface area contributed by atoms with Gasteiger partial charge in [0.05, 0.1) is 6.54 Å². The van der Waals surface area contributed by atoms with E-state index in [9.17, 15) is 14.0 Å². The van der Waals surface area contributed by atoms with Gasteiger partial charge in [-0.15, -0.1) is 5.10 Å². The molecule has 2 N–H and O–H groups in total. The molecule has 0 radical (unpaired) electrons. The summed E-state index contributed by atoms with van der Waals surface area (Å²) < 4.78 is 13.8. The van der Waals surface area contributed by atoms with Crippen molar-refractivity contribution >= 4 is 23.7 Å². The summed E-state index contributed by atoms with van der Waals surface area (Å²) in [6, 6.07) is 0. The van der Waals surface area contributed by atoms with Crippen molar-refractivity contribution in [3.8, 4) is 0 Å². The fourth-order valence-corrected chi connectivity index (χ4v) is 1.21. The molecule has 0 aliphatic carbocycles. The Kier molecular flexibility index (Phi) is 2.39. The highest BCUT2D eigenvalue weighted by Gasteiger charge is 2.19. The Bertz CT molecular complexity index is 481. The van der Waals surface area contributed by atoms with Crippen LogP contribution in [0.1, 0.15) is 6.42 Å². The molecule has 1 aliphatic heterocycles. The van der Waals surface area contributed by atoms with Gasteiger partial charge in [-0.3, -0.25) is 20.2 Å². The van der Waals surface area contributed by atoms with Gasteiger partial charge in [-0.1, -0.05) is 6.58 Å². The fraction of sp³-hybridized carbons (Fsp3) is 0.250. The molecule has 2 heterocycles. The number of hydrogen-bond acceptors (Lipinski definition) is 4. The smallest absolute Gasteiger partial charge is 0.286 e. The van der Waals surface area contributed by atoms with Crippen LogP contribution in [0.2, 0.25) is 0 Å². The van der Waals surface area contributed by atoms with Gasteiger partial charge in [0.2, 0.25) is 11.9 Å². The topological polar surface area (TPSA) is 88.9 Å². The minimum atomic E-state index is -1.13. The number of fused-ring (bicyclic) bond motifs is 1. The Morgan fingerprint density at radius 2 is 2.38 bits per heavy atom. The molecule has 0 saturated heterocycles. The van der Waals surface area contributed by atoms with Gasteiger partial charge in [-0.2, -0.15) is 4.98 Å². The molecule has 0 saturated carbocycles. The summed E-state index contributed by atoms with van der Waals surface area (Å²) >= 11 is 0. The summed E-state index contributed by atoms with van der Waals surface area (Å²) in [6.07, 6.45) is 0.291. The number of carbonyl (C=O) groups is 2. The van der Waals surface area contributed by atoms with Gasteiger partial charge in [0, 0.05) is 6.42 Å². The SMILES string of the molecule is C=C(F)C(=O)Nc1nc2n(n1)CCC(=O)N2. The van der Waals surface area contributed by atoms with E-state index >= 15 is 0 Å². The van der Waals surface area contributed by atoms with Crippen LogP contribution < -0.4 is 10.6 Å². The average molecular weight is 225 g/mol. The molecule has 0 aromatic carbocycles. The van der Waals surface area contributed by atoms with E-state index in [1.165, 1.54) is 4.68 Å². The third kappa shape index (κ3) is 1.90. The zero-order chi connectivity index (χ0) is 11.7. The summed E-state index contributed by atoms with van der Waals surface area (Å²) in [5.41, 5.74) is 0. The first-order valence-corrected chi connectivity index (χ1v) is 4.46. The third-order valence-corrected chi connectivity index (χ3v) is 1.95. The largest absolute Gasteiger partial charge is 0.295 e. The third-order valence-electron chi connectivity index (χ3n) is 1.95. The normalized spacial score (nSPS) is 13.9. The van der Waals surface area contributed by atoms with Gasteiger partial charge in [-0.05, 0) is 0 Å². The highest BCUT2D eigenvalue weighted by molar-refractivity contribution is 6.00. The molecule has 1 aromatic heterocycles. The summed E-state index contributed by atoms with van der Waals surface area (Å²) in [5.74, 6) is -2.14. The lowest BCUT2D eigenvalue weighted by Crippen LogP contribution is -2.23. The number of anilines is 2. The second-order valence-corrected chi connectivity index (χ2v) is 3.14. The molecule has 2 rings (SSSR count). The zero-order valence-corrected chi connectivity index (χ0v) is 8.16. The molecular weight excluding hydrogens is 217 g/mol. The van der Waals surface area contributed by atoms with Crippen molar-refractivity contribution in [2.45, 2.75) is 13.0 Å². The Balaban J connectivity index is 2.16. The van der Waals surface area contributed by atoms with E-state index in [0.717, 1.165) is 0 Å². The van der Waals surface area contributed by atoms with Gasteiger partial charge in [0.25, 0.3) is 11.9 Å². The number of hydrogen-bond donors (Lipinski definition) is 2. The molecule has 0 fully saturated rings. The van der Waals surface area contributed by atoms with Crippen LogP contribution in [0.25, 0.3) is 0 Å². The second-order valence-electron chi connectivity index (χ2n) is 3.14. The predicted octanol–water partition coefficient (Wildman–Crippen LogP) is 0.0420. The van der Waals surface area contributed by atoms with E-state index in [0.29, 0.717) is 13.0 Å². The second kappa shape index (κ2) is 3.72. The van der Waals surface area contributed by atoms with E-state index in [4.69, 9.17) is 0 Å². The minimum absolute atomic E-state index is 0.0685. The lowest BCUT2D eigenvalue weighted by atomic mass is 10.4. The minimum Gasteiger partial charge on any atom is -0.295 e. The maximum atomic E-state index is 12.4. The molecule has 1 aromatic rings. The highest BCUT2D eigenvalue weighted by atomic mass is 19.1. The van der Waals surface area contributed by atoms with E-state index in [-0.39, 0.29) is 17.8 Å². The molecule has 8 heteroatoms. The first kappa shape index (κ1) is 10.3. The van der Waals surface area contributed by atoms with Crippen molar-refractivity contribution in [2.75, 3.05) is 10.6 Å². The van der Waals surface area contributed by atoms with E-state index < -0.39 is 11.7 Å². The van der Waals surface area contributed by atoms with Gasteiger partial charge in [0.15, 0.2) is 5.83 Å². The predicted molar refractivity (Wildman–Crippen MR) is 52.1 cm³/mol. The summed E-state index contributed by atoms with van der Waals surface area (Å²) in [7, 11) is 0. The van der Waals surface area contributed by atoms with Crippen LogP contribution in [-0.4, -0.2) is 26.6 Å². The van der Waals surface area contributed by atoms with Crippen LogP contribution in [0.4, 0.5) is 16.3 Å². The number of nitrogens with zero attached hydrogens (tertiary/aromatic N) is 3. The Labute approximate surface area is 89.3 Å². The molecule has 0 bridgehead atoms. The van der Waals surface area contributed by atoms with Crippen molar-refractivity contribution in [3.05, 3.63) is 12.4 Å². The van der Waals surface area contributed by atoms with Crippen molar-refractivity contribution in [1.82, 2.24) is 14.8 Å². The van der Waals surface area contributed by atoms with Crippen molar-refractivity contribution < 1.29 is 14.0 Å². The Morgan fingerprint density at radius 3 is 3.06 bits per heavy atom. The number of amides is 2. The van der Waals surface area contributed by atoms with Crippen LogP contribution in [0.15, 0.2) is 12.4 Å². The first-order chi connectivity index (χ1) is 7.56. The molecule has 7 nitrogen and oxygen atoms in total. The fourth-order valence-electron chi connectivity index (χ4n) is 1.21. The number of aromatic nitrogens is 3.